The molecule has 0 aromatic carbocycles. The van der Waals surface area contributed by atoms with Crippen LogP contribution >= 0.6 is 11.8 Å². The van der Waals surface area contributed by atoms with Gasteiger partial charge >= 0.3 is 0 Å². The maximum Gasteiger partial charge on any atom is 0.136 e. The number of aliphatic hydroxyl groups excluding tert-OH is 1. The molecule has 0 spiro atoms. The van der Waals surface area contributed by atoms with E-state index in [9.17, 15) is 5.11 Å². The molecule has 2 aliphatic heterocycles. The summed E-state index contributed by atoms with van der Waals surface area (Å²) in [5.41, 5.74) is 0. The number of nitrogens with zero attached hydrogens (tertiary/aromatic N) is 3. The summed E-state index contributed by atoms with van der Waals surface area (Å²) in [4.78, 5) is 0. The Kier molecular flexibility index (Phi) is 2.90. The van der Waals surface area contributed by atoms with Gasteiger partial charge in [0.15, 0.2) is 0 Å². The van der Waals surface area contributed by atoms with E-state index in [0.717, 1.165) is 24.5 Å². The summed E-state index contributed by atoms with van der Waals surface area (Å²) in [5, 5.41) is 18.3. The van der Waals surface area contributed by atoms with E-state index in [0.29, 0.717) is 12.5 Å². The van der Waals surface area contributed by atoms with Gasteiger partial charge in [-0.3, -0.25) is 0 Å². The van der Waals surface area contributed by atoms with Gasteiger partial charge in [-0.15, -0.1) is 10.2 Å². The van der Waals surface area contributed by atoms with Crippen LogP contribution in [-0.4, -0.2) is 37.5 Å². The molecule has 1 fully saturated rings. The Morgan fingerprint density at radius 3 is 2.81 bits per heavy atom. The summed E-state index contributed by atoms with van der Waals surface area (Å²) >= 11 is 2.03. The Hall–Kier alpha value is -0.550. The molecule has 3 rings (SSSR count). The van der Waals surface area contributed by atoms with E-state index in [4.69, 9.17) is 0 Å². The summed E-state index contributed by atoms with van der Waals surface area (Å²) in [6, 6.07) is 0. The first kappa shape index (κ1) is 10.6. The van der Waals surface area contributed by atoms with Gasteiger partial charge in [0, 0.05) is 12.3 Å². The van der Waals surface area contributed by atoms with Crippen molar-refractivity contribution >= 4 is 11.8 Å². The first-order valence-corrected chi connectivity index (χ1v) is 7.18. The molecule has 5 heteroatoms. The molecule has 1 atom stereocenters. The van der Waals surface area contributed by atoms with Gasteiger partial charge in [0.2, 0.25) is 0 Å². The van der Waals surface area contributed by atoms with Gasteiger partial charge in [-0.2, -0.15) is 11.8 Å². The Morgan fingerprint density at radius 2 is 2.00 bits per heavy atom. The third-order valence-corrected chi connectivity index (χ3v) is 4.59. The van der Waals surface area contributed by atoms with Crippen molar-refractivity contribution < 1.29 is 5.11 Å². The number of aryl methyl sites for hydroxylation is 1. The van der Waals surface area contributed by atoms with E-state index in [2.05, 4.69) is 14.8 Å². The third-order valence-electron chi connectivity index (χ3n) is 3.54. The minimum Gasteiger partial charge on any atom is -0.391 e. The largest absolute Gasteiger partial charge is 0.391 e. The van der Waals surface area contributed by atoms with Gasteiger partial charge in [0.1, 0.15) is 11.6 Å². The van der Waals surface area contributed by atoms with Crippen molar-refractivity contribution in [3.63, 3.8) is 0 Å². The number of thioether (sulfide) groups is 1. The summed E-state index contributed by atoms with van der Waals surface area (Å²) in [5.74, 6) is 5.21. The van der Waals surface area contributed by atoms with Gasteiger partial charge in [-0.1, -0.05) is 0 Å². The van der Waals surface area contributed by atoms with Crippen molar-refractivity contribution in [2.45, 2.75) is 44.2 Å². The van der Waals surface area contributed by atoms with E-state index in [1.54, 1.807) is 0 Å². The Morgan fingerprint density at radius 1 is 1.19 bits per heavy atom. The molecule has 88 valence electrons. The van der Waals surface area contributed by atoms with Crippen molar-refractivity contribution in [3.05, 3.63) is 11.6 Å². The van der Waals surface area contributed by atoms with E-state index < -0.39 is 0 Å². The fourth-order valence-corrected chi connectivity index (χ4v) is 3.70. The number of rotatable bonds is 1. The van der Waals surface area contributed by atoms with Gasteiger partial charge in [-0.25, -0.2) is 0 Å². The van der Waals surface area contributed by atoms with Crippen LogP contribution in [0.2, 0.25) is 0 Å². The highest BCUT2D eigenvalue weighted by Crippen LogP contribution is 2.31. The monoisotopic (exact) mass is 239 g/mol. The molecule has 16 heavy (non-hydrogen) atoms. The molecule has 1 aromatic heterocycles. The highest BCUT2D eigenvalue weighted by atomic mass is 32.2. The first-order chi connectivity index (χ1) is 7.84. The smallest absolute Gasteiger partial charge is 0.136 e. The van der Waals surface area contributed by atoms with Gasteiger partial charge in [-0.05, 0) is 30.8 Å². The number of hydrogen-bond donors (Lipinski definition) is 1. The number of fused-ring (bicyclic) bond motifs is 1. The minimum absolute atomic E-state index is 0.208. The second-order valence-corrected chi connectivity index (χ2v) is 5.89. The maximum atomic E-state index is 9.72. The van der Waals surface area contributed by atoms with Gasteiger partial charge in [0.25, 0.3) is 0 Å². The zero-order valence-electron chi connectivity index (χ0n) is 9.30. The van der Waals surface area contributed by atoms with E-state index in [1.165, 1.54) is 24.3 Å². The lowest BCUT2D eigenvalue weighted by molar-refractivity contribution is 0.128. The van der Waals surface area contributed by atoms with Crippen LogP contribution in [0, 0.1) is 0 Å². The number of hydrogen-bond acceptors (Lipinski definition) is 4. The Labute approximate surface area is 99.4 Å². The fraction of sp³-hybridized carbons (Fsp3) is 0.818. The van der Waals surface area contributed by atoms with Crippen LogP contribution in [0.15, 0.2) is 0 Å². The molecule has 1 aromatic rings. The molecule has 4 nitrogen and oxygen atoms in total. The predicted octanol–water partition coefficient (Wildman–Crippen LogP) is 1.20. The highest BCUT2D eigenvalue weighted by molar-refractivity contribution is 7.99. The zero-order chi connectivity index (χ0) is 11.0. The predicted molar refractivity (Wildman–Crippen MR) is 63.6 cm³/mol. The molecule has 0 aliphatic carbocycles. The van der Waals surface area contributed by atoms with Crippen LogP contribution < -0.4 is 0 Å². The molecule has 0 amide bonds. The lowest BCUT2D eigenvalue weighted by atomic mass is 10.0. The molecular formula is C11H17N3OS. The molecule has 0 radical (unpaired) electrons. The lowest BCUT2D eigenvalue weighted by Gasteiger charge is -2.25. The number of aromatic nitrogens is 3. The van der Waals surface area contributed by atoms with Crippen LogP contribution in [0.25, 0.3) is 0 Å². The Balaban J connectivity index is 1.86. The molecule has 3 heterocycles. The summed E-state index contributed by atoms with van der Waals surface area (Å²) in [6.07, 6.45) is 3.91. The summed E-state index contributed by atoms with van der Waals surface area (Å²) in [7, 11) is 0. The second-order valence-electron chi connectivity index (χ2n) is 4.66. The molecule has 0 saturated carbocycles. The zero-order valence-corrected chi connectivity index (χ0v) is 10.1. The van der Waals surface area contributed by atoms with E-state index in [-0.39, 0.29) is 6.10 Å². The third kappa shape index (κ3) is 1.86. The van der Waals surface area contributed by atoms with Crippen LogP contribution in [0.1, 0.15) is 36.8 Å². The van der Waals surface area contributed by atoms with Crippen molar-refractivity contribution in [2.75, 3.05) is 11.5 Å². The Bertz CT molecular complexity index is 373. The van der Waals surface area contributed by atoms with Crippen LogP contribution in [0.3, 0.4) is 0 Å². The highest BCUT2D eigenvalue weighted by Gasteiger charge is 2.26. The standard InChI is InChI=1S/C11H17N3OS/c15-9-1-2-10-12-13-11(14(10)7-9)8-3-5-16-6-4-8/h8-9,15H,1-7H2. The maximum absolute atomic E-state index is 9.72. The van der Waals surface area contributed by atoms with E-state index in [1.807, 2.05) is 11.8 Å². The van der Waals surface area contributed by atoms with Crippen molar-refractivity contribution in [3.8, 4) is 0 Å². The second kappa shape index (κ2) is 4.37. The lowest BCUT2D eigenvalue weighted by Crippen LogP contribution is -2.27. The molecule has 0 bridgehead atoms. The quantitative estimate of drug-likeness (QED) is 0.800. The summed E-state index contributed by atoms with van der Waals surface area (Å²) in [6.45, 7) is 0.696. The van der Waals surface area contributed by atoms with Crippen molar-refractivity contribution in [2.24, 2.45) is 0 Å². The average molecular weight is 239 g/mol. The van der Waals surface area contributed by atoms with Crippen LogP contribution in [0.5, 0.6) is 0 Å². The SMILES string of the molecule is OC1CCc2nnc(C3CCSCC3)n2C1. The van der Waals surface area contributed by atoms with Crippen molar-refractivity contribution in [1.82, 2.24) is 14.8 Å². The van der Waals surface area contributed by atoms with E-state index >= 15 is 0 Å². The molecule has 2 aliphatic rings. The first-order valence-electron chi connectivity index (χ1n) is 6.02. The van der Waals surface area contributed by atoms with Gasteiger partial charge < -0.3 is 9.67 Å². The topological polar surface area (TPSA) is 50.9 Å². The van der Waals surface area contributed by atoms with Crippen LogP contribution in [0.4, 0.5) is 0 Å². The fourth-order valence-electron chi connectivity index (χ4n) is 2.59. The molecule has 1 N–H and O–H groups in total. The average Bonchev–Trinajstić information content (AvgIpc) is 2.73. The molecule has 1 unspecified atom stereocenters. The molecule has 1 saturated heterocycles. The normalized spacial score (nSPS) is 26.7. The van der Waals surface area contributed by atoms with Crippen LogP contribution in [-0.2, 0) is 13.0 Å². The number of aliphatic hydroxyl groups is 1. The van der Waals surface area contributed by atoms with Crippen molar-refractivity contribution in [1.29, 1.82) is 0 Å². The van der Waals surface area contributed by atoms with Gasteiger partial charge in [0.05, 0.1) is 12.6 Å². The summed E-state index contributed by atoms with van der Waals surface area (Å²) < 4.78 is 2.16. The minimum atomic E-state index is -0.208. The molecular weight excluding hydrogens is 222 g/mol.